The fourth-order valence-corrected chi connectivity index (χ4v) is 1.71. The van der Waals surface area contributed by atoms with Crippen molar-refractivity contribution in [2.75, 3.05) is 0 Å². The van der Waals surface area contributed by atoms with Gasteiger partial charge in [-0.2, -0.15) is 13.2 Å². The topological polar surface area (TPSA) is 29.5 Å². The number of hydrogen-bond donors (Lipinski definition) is 1. The second kappa shape index (κ2) is 3.13. The Bertz CT molecular complexity index is 387. The first-order valence-electron chi connectivity index (χ1n) is 4.41. The highest BCUT2D eigenvalue weighted by Gasteiger charge is 2.51. The van der Waals surface area contributed by atoms with Crippen molar-refractivity contribution < 1.29 is 23.0 Å². The van der Waals surface area contributed by atoms with Crippen LogP contribution in [0.4, 0.5) is 13.2 Å². The van der Waals surface area contributed by atoms with E-state index in [1.165, 1.54) is 12.1 Å². The van der Waals surface area contributed by atoms with Gasteiger partial charge in [0.25, 0.3) is 0 Å². The SMILES string of the molecule is Cc1ccc2c(c1)[C@@H](C(F)(F)F)[C@H](O)O2. The largest absolute Gasteiger partial charge is 0.464 e. The second-order valence-corrected chi connectivity index (χ2v) is 3.57. The molecule has 0 aromatic heterocycles. The number of aliphatic hydroxyl groups excluding tert-OH is 1. The summed E-state index contributed by atoms with van der Waals surface area (Å²) in [4.78, 5) is 0. The van der Waals surface area contributed by atoms with Crippen LogP contribution in [-0.2, 0) is 0 Å². The van der Waals surface area contributed by atoms with Crippen molar-refractivity contribution in [3.05, 3.63) is 29.3 Å². The molecule has 0 spiro atoms. The first-order chi connectivity index (χ1) is 6.89. The van der Waals surface area contributed by atoms with Gasteiger partial charge in [-0.3, -0.25) is 0 Å². The Balaban J connectivity index is 2.49. The summed E-state index contributed by atoms with van der Waals surface area (Å²) < 4.78 is 42.5. The maximum absolute atomic E-state index is 12.6. The number of aliphatic hydroxyl groups is 1. The van der Waals surface area contributed by atoms with Gasteiger partial charge in [-0.1, -0.05) is 17.7 Å². The van der Waals surface area contributed by atoms with Gasteiger partial charge in [0, 0.05) is 5.56 Å². The van der Waals surface area contributed by atoms with Crippen LogP contribution in [0.3, 0.4) is 0 Å². The Morgan fingerprint density at radius 1 is 1.33 bits per heavy atom. The second-order valence-electron chi connectivity index (χ2n) is 3.57. The molecule has 0 aliphatic carbocycles. The van der Waals surface area contributed by atoms with Crippen molar-refractivity contribution in [2.24, 2.45) is 0 Å². The van der Waals surface area contributed by atoms with Crippen LogP contribution < -0.4 is 4.74 Å². The van der Waals surface area contributed by atoms with Gasteiger partial charge in [-0.05, 0) is 13.0 Å². The molecule has 1 aliphatic heterocycles. The first-order valence-corrected chi connectivity index (χ1v) is 4.41. The van der Waals surface area contributed by atoms with E-state index in [-0.39, 0.29) is 11.3 Å². The van der Waals surface area contributed by atoms with Gasteiger partial charge in [0.1, 0.15) is 11.7 Å². The number of alkyl halides is 3. The van der Waals surface area contributed by atoms with E-state index >= 15 is 0 Å². The van der Waals surface area contributed by atoms with Crippen LogP contribution in [0.15, 0.2) is 18.2 Å². The zero-order valence-corrected chi connectivity index (χ0v) is 7.88. The Morgan fingerprint density at radius 3 is 2.60 bits per heavy atom. The minimum atomic E-state index is -4.49. The molecule has 0 radical (unpaired) electrons. The zero-order valence-electron chi connectivity index (χ0n) is 7.88. The summed E-state index contributed by atoms with van der Waals surface area (Å²) in [5.74, 6) is -1.83. The molecule has 0 saturated carbocycles. The highest BCUT2D eigenvalue weighted by atomic mass is 19.4. The average Bonchev–Trinajstić information content (AvgIpc) is 2.38. The molecule has 0 unspecified atom stereocenters. The molecule has 1 N–H and O–H groups in total. The normalized spacial score (nSPS) is 24.9. The van der Waals surface area contributed by atoms with Crippen LogP contribution in [0.5, 0.6) is 5.75 Å². The van der Waals surface area contributed by atoms with Crippen molar-refractivity contribution in [1.82, 2.24) is 0 Å². The van der Waals surface area contributed by atoms with E-state index in [0.717, 1.165) is 0 Å². The zero-order chi connectivity index (χ0) is 11.2. The lowest BCUT2D eigenvalue weighted by Crippen LogP contribution is -2.30. The van der Waals surface area contributed by atoms with Crippen LogP contribution in [0.1, 0.15) is 17.0 Å². The Kier molecular flexibility index (Phi) is 2.15. The molecular weight excluding hydrogens is 209 g/mol. The molecular formula is C10H9F3O2. The number of fused-ring (bicyclic) bond motifs is 1. The predicted octanol–water partition coefficient (Wildman–Crippen LogP) is 2.35. The van der Waals surface area contributed by atoms with Gasteiger partial charge in [0.15, 0.2) is 0 Å². The van der Waals surface area contributed by atoms with Crippen molar-refractivity contribution in [3.8, 4) is 5.75 Å². The summed E-state index contributed by atoms with van der Waals surface area (Å²) in [5.41, 5.74) is 0.718. The number of aryl methyl sites for hydroxylation is 1. The summed E-state index contributed by atoms with van der Waals surface area (Å²) in [6.45, 7) is 1.69. The molecule has 1 aliphatic rings. The Hall–Kier alpha value is -1.23. The Morgan fingerprint density at radius 2 is 2.00 bits per heavy atom. The van der Waals surface area contributed by atoms with E-state index in [4.69, 9.17) is 4.74 Å². The molecule has 0 amide bonds. The first kappa shape index (κ1) is 10.3. The van der Waals surface area contributed by atoms with Crippen LogP contribution in [-0.4, -0.2) is 17.6 Å². The van der Waals surface area contributed by atoms with Gasteiger partial charge in [0.05, 0.1) is 0 Å². The van der Waals surface area contributed by atoms with Gasteiger partial charge >= 0.3 is 6.18 Å². The number of ether oxygens (including phenoxy) is 1. The van der Waals surface area contributed by atoms with Crippen molar-refractivity contribution in [1.29, 1.82) is 0 Å². The number of hydrogen-bond acceptors (Lipinski definition) is 2. The van der Waals surface area contributed by atoms with Crippen LogP contribution in [0.25, 0.3) is 0 Å². The van der Waals surface area contributed by atoms with Crippen LogP contribution in [0, 0.1) is 6.92 Å². The smallest absolute Gasteiger partial charge is 0.401 e. The molecule has 2 atom stereocenters. The highest BCUT2D eigenvalue weighted by molar-refractivity contribution is 5.43. The summed E-state index contributed by atoms with van der Waals surface area (Å²) in [6.07, 6.45) is -6.32. The molecule has 2 nitrogen and oxygen atoms in total. The molecule has 0 fully saturated rings. The van der Waals surface area contributed by atoms with Crippen LogP contribution >= 0.6 is 0 Å². The number of benzene rings is 1. The van der Waals surface area contributed by atoms with E-state index in [0.29, 0.717) is 5.56 Å². The predicted molar refractivity (Wildman–Crippen MR) is 46.6 cm³/mol. The van der Waals surface area contributed by atoms with Gasteiger partial charge in [-0.15, -0.1) is 0 Å². The molecule has 0 saturated heterocycles. The van der Waals surface area contributed by atoms with Gasteiger partial charge in [0.2, 0.25) is 6.29 Å². The van der Waals surface area contributed by atoms with E-state index in [9.17, 15) is 18.3 Å². The monoisotopic (exact) mass is 218 g/mol. The quantitative estimate of drug-likeness (QED) is 0.724. The molecule has 82 valence electrons. The van der Waals surface area contributed by atoms with E-state index in [1.54, 1.807) is 13.0 Å². The molecule has 1 aromatic rings. The molecule has 2 rings (SSSR count). The van der Waals surface area contributed by atoms with E-state index in [2.05, 4.69) is 0 Å². The van der Waals surface area contributed by atoms with Gasteiger partial charge in [-0.25, -0.2) is 0 Å². The van der Waals surface area contributed by atoms with E-state index in [1.807, 2.05) is 0 Å². The summed E-state index contributed by atoms with van der Waals surface area (Å²) in [5, 5.41) is 9.19. The highest BCUT2D eigenvalue weighted by Crippen LogP contribution is 2.46. The summed E-state index contributed by atoms with van der Waals surface area (Å²) in [7, 11) is 0. The van der Waals surface area contributed by atoms with E-state index < -0.39 is 18.4 Å². The molecule has 0 bridgehead atoms. The maximum atomic E-state index is 12.6. The molecule has 5 heteroatoms. The number of rotatable bonds is 0. The summed E-state index contributed by atoms with van der Waals surface area (Å²) >= 11 is 0. The van der Waals surface area contributed by atoms with Crippen molar-refractivity contribution in [3.63, 3.8) is 0 Å². The van der Waals surface area contributed by atoms with Crippen molar-refractivity contribution in [2.45, 2.75) is 25.3 Å². The van der Waals surface area contributed by atoms with Gasteiger partial charge < -0.3 is 9.84 Å². The average molecular weight is 218 g/mol. The summed E-state index contributed by atoms with van der Waals surface area (Å²) in [6, 6.07) is 4.48. The Labute approximate surface area is 84.3 Å². The van der Waals surface area contributed by atoms with Crippen molar-refractivity contribution >= 4 is 0 Å². The lowest BCUT2D eigenvalue weighted by atomic mass is 9.98. The van der Waals surface area contributed by atoms with Crippen LogP contribution in [0.2, 0.25) is 0 Å². The third kappa shape index (κ3) is 1.67. The molecule has 15 heavy (non-hydrogen) atoms. The molecule has 1 aromatic carbocycles. The number of halogens is 3. The fourth-order valence-electron chi connectivity index (χ4n) is 1.71. The standard InChI is InChI=1S/C10H9F3O2/c1-5-2-3-7-6(4-5)8(9(14)15-7)10(11,12)13/h2-4,8-9,14H,1H3/t8-,9-/m1/s1. The third-order valence-corrected chi connectivity index (χ3v) is 2.39. The lowest BCUT2D eigenvalue weighted by Gasteiger charge is -2.17. The lowest BCUT2D eigenvalue weighted by molar-refractivity contribution is -0.191. The minimum Gasteiger partial charge on any atom is -0.464 e. The fraction of sp³-hybridized carbons (Fsp3) is 0.400. The maximum Gasteiger partial charge on any atom is 0.401 e. The molecule has 1 heterocycles. The third-order valence-electron chi connectivity index (χ3n) is 2.39. The minimum absolute atomic E-state index is 0.00926.